The highest BCUT2D eigenvalue weighted by Crippen LogP contribution is 2.28. The van der Waals surface area contributed by atoms with E-state index in [-0.39, 0.29) is 5.88 Å². The molecule has 0 saturated carbocycles. The van der Waals surface area contributed by atoms with E-state index in [9.17, 15) is 9.90 Å². The number of rotatable bonds is 4. The van der Waals surface area contributed by atoms with Crippen LogP contribution in [0.25, 0.3) is 16.5 Å². The molecule has 8 nitrogen and oxygen atoms in total. The van der Waals surface area contributed by atoms with E-state index in [1.165, 1.54) is 35.2 Å². The van der Waals surface area contributed by atoms with Gasteiger partial charge in [-0.1, -0.05) is 11.6 Å². The van der Waals surface area contributed by atoms with Gasteiger partial charge in [0.05, 0.1) is 30.0 Å². The maximum absolute atomic E-state index is 13.1. The lowest BCUT2D eigenvalue weighted by molar-refractivity contribution is 0.415. The van der Waals surface area contributed by atoms with Crippen LogP contribution in [0.1, 0.15) is 5.56 Å². The molecule has 28 heavy (non-hydrogen) atoms. The number of hydrogen-bond donors (Lipinski definition) is 1. The highest BCUT2D eigenvalue weighted by molar-refractivity contribution is 6.30. The largest absolute Gasteiger partial charge is 0.497 e. The Morgan fingerprint density at radius 1 is 1.11 bits per heavy atom. The van der Waals surface area contributed by atoms with Gasteiger partial charge in [0, 0.05) is 10.4 Å². The average Bonchev–Trinajstić information content (AvgIpc) is 3.23. The lowest BCUT2D eigenvalue weighted by atomic mass is 10.1. The van der Waals surface area contributed by atoms with Crippen molar-refractivity contribution in [2.75, 3.05) is 7.11 Å². The highest BCUT2D eigenvalue weighted by Gasteiger charge is 2.17. The maximum atomic E-state index is 13.1. The molecule has 0 aliphatic rings. The van der Waals surface area contributed by atoms with Crippen LogP contribution in [0.15, 0.2) is 65.0 Å². The minimum Gasteiger partial charge on any atom is -0.497 e. The molecule has 0 unspecified atom stereocenters. The van der Waals surface area contributed by atoms with Crippen molar-refractivity contribution in [2.24, 2.45) is 5.10 Å². The van der Waals surface area contributed by atoms with Crippen molar-refractivity contribution in [1.29, 1.82) is 0 Å². The quantitative estimate of drug-likeness (QED) is 0.536. The van der Waals surface area contributed by atoms with Crippen LogP contribution in [0, 0.1) is 0 Å². The molecule has 9 heteroatoms. The molecule has 0 aliphatic heterocycles. The zero-order valence-corrected chi connectivity index (χ0v) is 15.4. The highest BCUT2D eigenvalue weighted by atomic mass is 35.5. The van der Waals surface area contributed by atoms with E-state index in [1.807, 2.05) is 0 Å². The minimum absolute atomic E-state index is 0.248. The summed E-state index contributed by atoms with van der Waals surface area (Å²) in [6, 6.07) is 11.6. The van der Waals surface area contributed by atoms with Crippen molar-refractivity contribution >= 4 is 28.6 Å². The Kier molecular flexibility index (Phi) is 4.54. The van der Waals surface area contributed by atoms with Crippen molar-refractivity contribution in [1.82, 2.24) is 19.4 Å². The number of benzene rings is 2. The number of halogens is 1. The summed E-state index contributed by atoms with van der Waals surface area (Å²) in [5.41, 5.74) is 0.437. The van der Waals surface area contributed by atoms with Gasteiger partial charge in [-0.05, 0) is 42.5 Å². The van der Waals surface area contributed by atoms with Crippen LogP contribution >= 0.6 is 11.6 Å². The van der Waals surface area contributed by atoms with Gasteiger partial charge in [-0.2, -0.15) is 5.10 Å². The first-order chi connectivity index (χ1) is 13.6. The molecule has 0 saturated heterocycles. The Bertz CT molecular complexity index is 1230. The number of aromatic nitrogens is 4. The molecule has 140 valence electrons. The molecule has 2 aromatic carbocycles. The van der Waals surface area contributed by atoms with Gasteiger partial charge < -0.3 is 9.84 Å². The number of aromatic hydroxyl groups is 1. The van der Waals surface area contributed by atoms with Crippen LogP contribution in [-0.2, 0) is 0 Å². The summed E-state index contributed by atoms with van der Waals surface area (Å²) >= 11 is 5.95. The second-order valence-corrected chi connectivity index (χ2v) is 6.29. The smallest absolute Gasteiger partial charge is 0.265 e. The van der Waals surface area contributed by atoms with E-state index >= 15 is 0 Å². The first kappa shape index (κ1) is 17.7. The van der Waals surface area contributed by atoms with Crippen LogP contribution in [0.4, 0.5) is 0 Å². The first-order valence-electron chi connectivity index (χ1n) is 8.19. The first-order valence-corrected chi connectivity index (χ1v) is 8.57. The number of ether oxygens (including phenoxy) is 1. The number of pyridine rings is 1. The topological polar surface area (TPSA) is 94.5 Å². The van der Waals surface area contributed by atoms with Crippen LogP contribution in [0.2, 0.25) is 5.02 Å². The number of methoxy groups -OCH3 is 1. The molecule has 0 aliphatic carbocycles. The zero-order chi connectivity index (χ0) is 19.7. The predicted molar refractivity (Wildman–Crippen MR) is 106 cm³/mol. The summed E-state index contributed by atoms with van der Waals surface area (Å²) in [5.74, 6) is 0.279. The average molecular weight is 396 g/mol. The van der Waals surface area contributed by atoms with Crippen molar-refractivity contribution in [3.63, 3.8) is 0 Å². The molecule has 0 amide bonds. The molecular formula is C19H14ClN5O3. The van der Waals surface area contributed by atoms with Gasteiger partial charge in [-0.25, -0.2) is 9.24 Å². The second-order valence-electron chi connectivity index (χ2n) is 5.85. The zero-order valence-electron chi connectivity index (χ0n) is 14.7. The predicted octanol–water partition coefficient (Wildman–Crippen LogP) is 2.83. The molecule has 4 aromatic rings. The monoisotopic (exact) mass is 395 g/mol. The third kappa shape index (κ3) is 3.10. The molecule has 0 fully saturated rings. The van der Waals surface area contributed by atoms with Crippen LogP contribution in [0.5, 0.6) is 11.6 Å². The Morgan fingerprint density at radius 2 is 1.82 bits per heavy atom. The summed E-state index contributed by atoms with van der Waals surface area (Å²) in [4.78, 5) is 13.1. The molecule has 2 aromatic heterocycles. The van der Waals surface area contributed by atoms with Crippen molar-refractivity contribution < 1.29 is 9.84 Å². The second kappa shape index (κ2) is 7.16. The Hall–Kier alpha value is -3.65. The van der Waals surface area contributed by atoms with E-state index in [2.05, 4.69) is 15.3 Å². The van der Waals surface area contributed by atoms with Crippen molar-refractivity contribution in [3.05, 3.63) is 76.1 Å². The number of fused-ring (bicyclic) bond motifs is 1. The number of hydrogen-bond acceptors (Lipinski definition) is 6. The van der Waals surface area contributed by atoms with Crippen molar-refractivity contribution in [2.45, 2.75) is 0 Å². The summed E-state index contributed by atoms with van der Waals surface area (Å²) in [6.07, 6.45) is 4.27. The van der Waals surface area contributed by atoms with Crippen molar-refractivity contribution in [3.8, 4) is 17.3 Å². The Balaban J connectivity index is 2.03. The summed E-state index contributed by atoms with van der Waals surface area (Å²) in [6.45, 7) is 0. The third-order valence-electron chi connectivity index (χ3n) is 4.21. The van der Waals surface area contributed by atoms with E-state index in [4.69, 9.17) is 16.3 Å². The molecule has 0 atom stereocenters. The lowest BCUT2D eigenvalue weighted by Crippen LogP contribution is -2.20. The Morgan fingerprint density at radius 3 is 2.50 bits per heavy atom. The fourth-order valence-corrected chi connectivity index (χ4v) is 2.98. The van der Waals surface area contributed by atoms with E-state index < -0.39 is 5.56 Å². The van der Waals surface area contributed by atoms with Gasteiger partial charge in [0.2, 0.25) is 5.88 Å². The molecule has 0 radical (unpaired) electrons. The third-order valence-corrected chi connectivity index (χ3v) is 4.47. The maximum Gasteiger partial charge on any atom is 0.265 e. The molecule has 2 heterocycles. The van der Waals surface area contributed by atoms with Gasteiger partial charge >= 0.3 is 0 Å². The Labute approximate surface area is 163 Å². The number of nitrogens with zero attached hydrogens (tertiary/aromatic N) is 5. The summed E-state index contributed by atoms with van der Waals surface area (Å²) in [7, 11) is 1.52. The van der Waals surface area contributed by atoms with Gasteiger partial charge in [0.15, 0.2) is 0 Å². The fraction of sp³-hybridized carbons (Fsp3) is 0.0526. The van der Waals surface area contributed by atoms with E-state index in [0.29, 0.717) is 32.8 Å². The SMILES string of the molecule is COc1ccc2c(C=Nn3cnnc3)c(O)n(-c3ccc(Cl)cc3)c(=O)c2c1. The van der Waals surface area contributed by atoms with Gasteiger partial charge in [-0.3, -0.25) is 4.79 Å². The fourth-order valence-electron chi connectivity index (χ4n) is 2.86. The molecule has 0 bridgehead atoms. The molecule has 1 N–H and O–H groups in total. The summed E-state index contributed by atoms with van der Waals surface area (Å²) in [5, 5.41) is 23.9. The molecular weight excluding hydrogens is 382 g/mol. The standard InChI is InChI=1S/C19H14ClN5O3/c1-28-14-6-7-15-16(8-14)18(26)25(13-4-2-12(20)3-5-13)19(27)17(15)9-23-24-10-21-22-11-24/h2-11,27H,1H3. The van der Waals surface area contributed by atoms with Crippen LogP contribution in [0.3, 0.4) is 0 Å². The lowest BCUT2D eigenvalue weighted by Gasteiger charge is -2.14. The summed E-state index contributed by atoms with van der Waals surface area (Å²) < 4.78 is 7.83. The van der Waals surface area contributed by atoms with Gasteiger partial charge in [0.25, 0.3) is 5.56 Å². The van der Waals surface area contributed by atoms with E-state index in [1.54, 1.807) is 42.5 Å². The molecule has 0 spiro atoms. The van der Waals surface area contributed by atoms with Gasteiger partial charge in [-0.15, -0.1) is 10.2 Å². The van der Waals surface area contributed by atoms with Crippen LogP contribution in [-0.4, -0.2) is 37.9 Å². The van der Waals surface area contributed by atoms with E-state index in [0.717, 1.165) is 0 Å². The molecule has 4 rings (SSSR count). The van der Waals surface area contributed by atoms with Crippen LogP contribution < -0.4 is 10.3 Å². The minimum atomic E-state index is -0.393. The van der Waals surface area contributed by atoms with Gasteiger partial charge in [0.1, 0.15) is 18.4 Å². The normalized spacial score (nSPS) is 11.4.